The maximum Gasteiger partial charge on any atom is 0.210 e. The maximum absolute atomic E-state index is 10.5. The summed E-state index contributed by atoms with van der Waals surface area (Å²) in [5.74, 6) is 0. The van der Waals surface area contributed by atoms with Gasteiger partial charge in [0, 0.05) is 25.9 Å². The Morgan fingerprint density at radius 3 is 2.75 bits per heavy atom. The van der Waals surface area contributed by atoms with Crippen LogP contribution in [0.5, 0.6) is 0 Å². The molecule has 0 radical (unpaired) electrons. The van der Waals surface area contributed by atoms with E-state index >= 15 is 0 Å². The highest BCUT2D eigenvalue weighted by atomic mass is 16.6. The highest BCUT2D eigenvalue weighted by molar-refractivity contribution is 6.03. The Kier molecular flexibility index (Phi) is 2.47. The van der Waals surface area contributed by atoms with Crippen molar-refractivity contribution in [2.45, 2.75) is 13.0 Å². The van der Waals surface area contributed by atoms with Crippen LogP contribution < -0.4 is 0 Å². The Balaban J connectivity index is 2.84. The van der Waals surface area contributed by atoms with Gasteiger partial charge in [-0.05, 0) is 6.92 Å². The Morgan fingerprint density at radius 1 is 1.58 bits per heavy atom. The van der Waals surface area contributed by atoms with E-state index < -0.39 is 6.10 Å². The molecule has 0 aromatic heterocycles. The number of carbonyl (C=O) groups is 1. The van der Waals surface area contributed by atoms with Gasteiger partial charge in [-0.25, -0.2) is 0 Å². The quantitative estimate of drug-likeness (QED) is 0.561. The standard InChI is InChI=1S/C8H12N2O2/c1-6-7(4-10(2)3)8(5-11)12-9-6/h4-5,8H,1-3H3. The van der Waals surface area contributed by atoms with Crippen LogP contribution in [0.15, 0.2) is 16.9 Å². The zero-order chi connectivity index (χ0) is 9.14. The topological polar surface area (TPSA) is 41.9 Å². The van der Waals surface area contributed by atoms with E-state index in [1.54, 1.807) is 0 Å². The van der Waals surface area contributed by atoms with Gasteiger partial charge in [0.2, 0.25) is 6.10 Å². The lowest BCUT2D eigenvalue weighted by Gasteiger charge is -2.08. The van der Waals surface area contributed by atoms with E-state index in [0.717, 1.165) is 17.6 Å². The summed E-state index contributed by atoms with van der Waals surface area (Å²) in [5.41, 5.74) is 1.59. The van der Waals surface area contributed by atoms with E-state index in [1.807, 2.05) is 32.1 Å². The molecule has 1 unspecified atom stereocenters. The average Bonchev–Trinajstić information content (AvgIpc) is 2.32. The van der Waals surface area contributed by atoms with Crippen LogP contribution >= 0.6 is 0 Å². The van der Waals surface area contributed by atoms with Gasteiger partial charge in [-0.1, -0.05) is 5.16 Å². The molecule has 0 spiro atoms. The van der Waals surface area contributed by atoms with Gasteiger partial charge in [0.05, 0.1) is 5.71 Å². The number of rotatable bonds is 2. The first kappa shape index (κ1) is 8.77. The lowest BCUT2D eigenvalue weighted by Crippen LogP contribution is -2.16. The van der Waals surface area contributed by atoms with Crippen LogP contribution in [0.2, 0.25) is 0 Å². The second kappa shape index (κ2) is 3.38. The average molecular weight is 168 g/mol. The highest BCUT2D eigenvalue weighted by Crippen LogP contribution is 2.15. The Labute approximate surface area is 71.5 Å². The predicted octanol–water partition coefficient (Wildman–Crippen LogP) is 0.405. The van der Waals surface area contributed by atoms with Gasteiger partial charge >= 0.3 is 0 Å². The van der Waals surface area contributed by atoms with E-state index in [0.29, 0.717) is 0 Å². The molecule has 0 N–H and O–H groups in total. The largest absolute Gasteiger partial charge is 0.383 e. The van der Waals surface area contributed by atoms with Crippen molar-refractivity contribution in [3.05, 3.63) is 11.8 Å². The fourth-order valence-electron chi connectivity index (χ4n) is 0.994. The van der Waals surface area contributed by atoms with E-state index in [9.17, 15) is 4.79 Å². The fourth-order valence-corrected chi connectivity index (χ4v) is 0.994. The molecule has 0 aromatic rings. The van der Waals surface area contributed by atoms with Crippen LogP contribution in [0.3, 0.4) is 0 Å². The lowest BCUT2D eigenvalue weighted by atomic mass is 10.1. The predicted molar refractivity (Wildman–Crippen MR) is 45.8 cm³/mol. The number of hydrogen-bond acceptors (Lipinski definition) is 4. The molecule has 66 valence electrons. The van der Waals surface area contributed by atoms with Gasteiger partial charge < -0.3 is 9.74 Å². The zero-order valence-corrected chi connectivity index (χ0v) is 7.44. The maximum atomic E-state index is 10.5. The molecular formula is C8H12N2O2. The van der Waals surface area contributed by atoms with Crippen molar-refractivity contribution in [1.29, 1.82) is 0 Å². The molecule has 0 saturated heterocycles. The number of carbonyl (C=O) groups excluding carboxylic acids is 1. The lowest BCUT2D eigenvalue weighted by molar-refractivity contribution is -0.115. The fraction of sp³-hybridized carbons (Fsp3) is 0.500. The molecule has 0 bridgehead atoms. The minimum Gasteiger partial charge on any atom is -0.383 e. The molecule has 0 aromatic carbocycles. The molecule has 1 aliphatic heterocycles. The number of oxime groups is 1. The summed E-state index contributed by atoms with van der Waals surface area (Å²) in [4.78, 5) is 17.2. The molecule has 0 amide bonds. The third kappa shape index (κ3) is 1.64. The Morgan fingerprint density at radius 2 is 2.25 bits per heavy atom. The van der Waals surface area contributed by atoms with Crippen LogP contribution in [0.4, 0.5) is 0 Å². The van der Waals surface area contributed by atoms with E-state index in [4.69, 9.17) is 4.84 Å². The van der Waals surface area contributed by atoms with Crippen molar-refractivity contribution in [3.8, 4) is 0 Å². The second-order valence-electron chi connectivity index (χ2n) is 2.89. The molecule has 0 saturated carbocycles. The van der Waals surface area contributed by atoms with Crippen molar-refractivity contribution < 1.29 is 9.63 Å². The van der Waals surface area contributed by atoms with E-state index in [1.165, 1.54) is 0 Å². The third-order valence-corrected chi connectivity index (χ3v) is 1.55. The smallest absolute Gasteiger partial charge is 0.210 e. The van der Waals surface area contributed by atoms with Gasteiger partial charge in [0.15, 0.2) is 6.29 Å². The second-order valence-corrected chi connectivity index (χ2v) is 2.89. The highest BCUT2D eigenvalue weighted by Gasteiger charge is 2.24. The van der Waals surface area contributed by atoms with Crippen LogP contribution in [0.25, 0.3) is 0 Å². The molecule has 0 fully saturated rings. The van der Waals surface area contributed by atoms with Crippen LogP contribution in [0.1, 0.15) is 6.92 Å². The molecule has 1 heterocycles. The van der Waals surface area contributed by atoms with Gasteiger partial charge in [-0.3, -0.25) is 4.79 Å². The molecule has 0 aliphatic carbocycles. The van der Waals surface area contributed by atoms with E-state index in [-0.39, 0.29) is 0 Å². The molecule has 1 atom stereocenters. The summed E-state index contributed by atoms with van der Waals surface area (Å²) < 4.78 is 0. The monoisotopic (exact) mass is 168 g/mol. The first-order valence-corrected chi connectivity index (χ1v) is 3.69. The molecule has 1 rings (SSSR count). The summed E-state index contributed by atoms with van der Waals surface area (Å²) in [5, 5.41) is 3.71. The van der Waals surface area contributed by atoms with Crippen LogP contribution in [0, 0.1) is 0 Å². The molecule has 4 nitrogen and oxygen atoms in total. The van der Waals surface area contributed by atoms with Crippen LogP contribution in [-0.4, -0.2) is 37.1 Å². The Bertz CT molecular complexity index is 243. The summed E-state index contributed by atoms with van der Waals surface area (Å²) in [7, 11) is 3.78. The van der Waals surface area contributed by atoms with Crippen molar-refractivity contribution in [3.63, 3.8) is 0 Å². The minimum atomic E-state index is -0.521. The number of hydrogen-bond donors (Lipinski definition) is 0. The summed E-state index contributed by atoms with van der Waals surface area (Å²) in [6, 6.07) is 0. The van der Waals surface area contributed by atoms with Crippen molar-refractivity contribution in [2.75, 3.05) is 14.1 Å². The van der Waals surface area contributed by atoms with Gasteiger partial charge in [-0.2, -0.15) is 0 Å². The summed E-state index contributed by atoms with van der Waals surface area (Å²) in [6.07, 6.45) is 2.06. The number of nitrogens with zero attached hydrogens (tertiary/aromatic N) is 2. The third-order valence-electron chi connectivity index (χ3n) is 1.55. The van der Waals surface area contributed by atoms with Crippen molar-refractivity contribution >= 4 is 12.0 Å². The minimum absolute atomic E-state index is 0.521. The van der Waals surface area contributed by atoms with E-state index in [2.05, 4.69) is 5.16 Å². The van der Waals surface area contributed by atoms with Gasteiger partial charge in [0.1, 0.15) is 0 Å². The first-order valence-electron chi connectivity index (χ1n) is 3.69. The number of aldehydes is 1. The van der Waals surface area contributed by atoms with Gasteiger partial charge in [0.25, 0.3) is 0 Å². The van der Waals surface area contributed by atoms with Crippen LogP contribution in [-0.2, 0) is 9.63 Å². The van der Waals surface area contributed by atoms with Crippen molar-refractivity contribution in [1.82, 2.24) is 4.90 Å². The summed E-state index contributed by atoms with van der Waals surface area (Å²) >= 11 is 0. The molecule has 1 aliphatic rings. The van der Waals surface area contributed by atoms with Crippen molar-refractivity contribution in [2.24, 2.45) is 5.16 Å². The normalized spacial score (nSPS) is 25.1. The molecular weight excluding hydrogens is 156 g/mol. The Hall–Kier alpha value is -1.32. The SMILES string of the molecule is CC1=NOC(C=O)C1=CN(C)C. The first-order chi connectivity index (χ1) is 5.65. The molecule has 12 heavy (non-hydrogen) atoms. The van der Waals surface area contributed by atoms with Gasteiger partial charge in [-0.15, -0.1) is 0 Å². The molecule has 4 heteroatoms. The summed E-state index contributed by atoms with van der Waals surface area (Å²) in [6.45, 7) is 1.82. The zero-order valence-electron chi connectivity index (χ0n) is 7.44.